The molecule has 1 aliphatic heterocycles. The molecule has 1 amide bonds. The molecule has 1 aliphatic rings. The van der Waals surface area contributed by atoms with E-state index < -0.39 is 10.0 Å². The highest BCUT2D eigenvalue weighted by Gasteiger charge is 2.26. The van der Waals surface area contributed by atoms with Crippen LogP contribution in [0.15, 0.2) is 58.2 Å². The van der Waals surface area contributed by atoms with Gasteiger partial charge in [0.05, 0.1) is 15.1 Å². The molecule has 0 radical (unpaired) electrons. The van der Waals surface area contributed by atoms with Crippen LogP contribution < -0.4 is 10.2 Å². The van der Waals surface area contributed by atoms with E-state index in [2.05, 4.69) is 5.32 Å². The quantitative estimate of drug-likeness (QED) is 0.570. The third-order valence-electron chi connectivity index (χ3n) is 5.74. The Balaban J connectivity index is 1.46. The van der Waals surface area contributed by atoms with Crippen LogP contribution in [-0.4, -0.2) is 36.3 Å². The monoisotopic (exact) mass is 473 g/mol. The number of rotatable bonds is 7. The van der Waals surface area contributed by atoms with Crippen molar-refractivity contribution in [3.8, 4) is 0 Å². The summed E-state index contributed by atoms with van der Waals surface area (Å²) in [5.41, 5.74) is 1.67. The number of aryl methyl sites for hydroxylation is 1. The summed E-state index contributed by atoms with van der Waals surface area (Å²) in [4.78, 5) is 24.8. The number of aromatic nitrogens is 1. The lowest BCUT2D eigenvalue weighted by Crippen LogP contribution is -2.31. The second kappa shape index (κ2) is 9.97. The minimum Gasteiger partial charge on any atom is -0.352 e. The molecule has 1 fully saturated rings. The largest absolute Gasteiger partial charge is 0.352 e. The standard InChI is InChI=1S/C23H27N3O4S2/c27-22(24-17-18-8-4-3-5-9-18)12-15-26-20-11-10-19(16-21(20)31-23(26)28)32(29,30)25-13-6-1-2-7-14-25/h3-5,8-11,16H,1-2,6-7,12-15,17H2,(H,24,27). The van der Waals surface area contributed by atoms with Gasteiger partial charge < -0.3 is 5.32 Å². The van der Waals surface area contributed by atoms with Crippen LogP contribution in [0.1, 0.15) is 37.7 Å². The normalized spacial score (nSPS) is 15.5. The summed E-state index contributed by atoms with van der Waals surface area (Å²) in [7, 11) is -3.58. The van der Waals surface area contributed by atoms with Crippen molar-refractivity contribution in [1.29, 1.82) is 0 Å². The molecule has 2 heterocycles. The molecule has 0 saturated carbocycles. The number of carbonyl (C=O) groups excluding carboxylic acids is 1. The molecule has 9 heteroatoms. The van der Waals surface area contributed by atoms with Gasteiger partial charge in [0.25, 0.3) is 0 Å². The van der Waals surface area contributed by atoms with Gasteiger partial charge in [0.2, 0.25) is 15.9 Å². The van der Waals surface area contributed by atoms with Gasteiger partial charge in [-0.3, -0.25) is 14.2 Å². The van der Waals surface area contributed by atoms with Gasteiger partial charge in [-0.15, -0.1) is 0 Å². The van der Waals surface area contributed by atoms with Crippen molar-refractivity contribution in [2.24, 2.45) is 0 Å². The van der Waals surface area contributed by atoms with Crippen LogP contribution in [0, 0.1) is 0 Å². The van der Waals surface area contributed by atoms with Crippen LogP contribution in [0.5, 0.6) is 0 Å². The number of sulfonamides is 1. The van der Waals surface area contributed by atoms with Gasteiger partial charge in [-0.1, -0.05) is 54.5 Å². The minimum atomic E-state index is -3.58. The molecule has 1 saturated heterocycles. The Bertz CT molecular complexity index is 1240. The Morgan fingerprint density at radius 3 is 2.44 bits per heavy atom. The average Bonchev–Trinajstić information content (AvgIpc) is 2.96. The highest BCUT2D eigenvalue weighted by molar-refractivity contribution is 7.89. The lowest BCUT2D eigenvalue weighted by molar-refractivity contribution is -0.121. The molecule has 0 atom stereocenters. The number of nitrogens with one attached hydrogen (secondary N) is 1. The summed E-state index contributed by atoms with van der Waals surface area (Å²) in [6.07, 6.45) is 4.02. The summed E-state index contributed by atoms with van der Waals surface area (Å²) in [6, 6.07) is 14.5. The van der Waals surface area contributed by atoms with Gasteiger partial charge >= 0.3 is 4.87 Å². The molecule has 0 aliphatic carbocycles. The Hall–Kier alpha value is -2.49. The van der Waals surface area contributed by atoms with E-state index in [1.54, 1.807) is 27.1 Å². The first-order chi connectivity index (χ1) is 15.4. The van der Waals surface area contributed by atoms with Crippen LogP contribution in [-0.2, 0) is 27.9 Å². The first-order valence-electron chi connectivity index (χ1n) is 10.9. The second-order valence-electron chi connectivity index (χ2n) is 7.98. The average molecular weight is 474 g/mol. The maximum atomic E-state index is 13.1. The maximum Gasteiger partial charge on any atom is 0.308 e. The second-order valence-corrected chi connectivity index (χ2v) is 10.9. The minimum absolute atomic E-state index is 0.138. The summed E-state index contributed by atoms with van der Waals surface area (Å²) >= 11 is 1.01. The molecule has 4 rings (SSSR count). The molecule has 0 bridgehead atoms. The van der Waals surface area contributed by atoms with Gasteiger partial charge in [-0.2, -0.15) is 4.31 Å². The number of nitrogens with zero attached hydrogens (tertiary/aromatic N) is 2. The summed E-state index contributed by atoms with van der Waals surface area (Å²) in [6.45, 7) is 1.76. The van der Waals surface area contributed by atoms with E-state index in [-0.39, 0.29) is 28.6 Å². The number of hydrogen-bond acceptors (Lipinski definition) is 5. The van der Waals surface area contributed by atoms with E-state index >= 15 is 0 Å². The molecule has 7 nitrogen and oxygen atoms in total. The summed E-state index contributed by atoms with van der Waals surface area (Å²) in [5, 5.41) is 2.86. The zero-order valence-corrected chi connectivity index (χ0v) is 19.5. The van der Waals surface area contributed by atoms with Crippen molar-refractivity contribution < 1.29 is 13.2 Å². The Kier molecular flexibility index (Phi) is 7.07. The Morgan fingerprint density at radius 2 is 1.72 bits per heavy atom. The van der Waals surface area contributed by atoms with Gasteiger partial charge in [0.1, 0.15) is 0 Å². The lowest BCUT2D eigenvalue weighted by atomic mass is 10.2. The molecule has 2 aromatic carbocycles. The van der Waals surface area contributed by atoms with Crippen LogP contribution in [0.4, 0.5) is 0 Å². The molecule has 0 unspecified atom stereocenters. The molecule has 0 spiro atoms. The van der Waals surface area contributed by atoms with Crippen molar-refractivity contribution in [2.45, 2.75) is 50.1 Å². The predicted molar refractivity (Wildman–Crippen MR) is 126 cm³/mol. The van der Waals surface area contributed by atoms with Crippen LogP contribution in [0.3, 0.4) is 0 Å². The topological polar surface area (TPSA) is 88.5 Å². The summed E-state index contributed by atoms with van der Waals surface area (Å²) in [5.74, 6) is -0.138. The third-order valence-corrected chi connectivity index (χ3v) is 8.57. The number of thiazole rings is 1. The molecule has 1 aromatic heterocycles. The number of fused-ring (bicyclic) bond motifs is 1. The Labute approximate surface area is 191 Å². The van der Waals surface area contributed by atoms with Crippen molar-refractivity contribution >= 4 is 37.5 Å². The van der Waals surface area contributed by atoms with Crippen molar-refractivity contribution in [3.05, 3.63) is 63.8 Å². The number of hydrogen-bond donors (Lipinski definition) is 1. The molecule has 3 aromatic rings. The lowest BCUT2D eigenvalue weighted by Gasteiger charge is -2.19. The molecule has 170 valence electrons. The smallest absolute Gasteiger partial charge is 0.308 e. The maximum absolute atomic E-state index is 13.1. The number of amides is 1. The van der Waals surface area contributed by atoms with E-state index in [0.29, 0.717) is 29.9 Å². The molecular weight excluding hydrogens is 446 g/mol. The molecule has 32 heavy (non-hydrogen) atoms. The molecule has 1 N–H and O–H groups in total. The SMILES string of the molecule is O=C(CCn1c(=O)sc2cc(S(=O)(=O)N3CCCCCC3)ccc21)NCc1ccccc1. The van der Waals surface area contributed by atoms with E-state index in [9.17, 15) is 18.0 Å². The van der Waals surface area contributed by atoms with E-state index in [4.69, 9.17) is 0 Å². The summed E-state index contributed by atoms with van der Waals surface area (Å²) < 4.78 is 29.9. The Morgan fingerprint density at radius 1 is 1.00 bits per heavy atom. The fourth-order valence-electron chi connectivity index (χ4n) is 3.95. The molecular formula is C23H27N3O4S2. The van der Waals surface area contributed by atoms with E-state index in [1.165, 1.54) is 0 Å². The first kappa shape index (κ1) is 22.7. The van der Waals surface area contributed by atoms with Gasteiger partial charge in [0.15, 0.2) is 0 Å². The van der Waals surface area contributed by atoms with Gasteiger partial charge in [-0.25, -0.2) is 8.42 Å². The zero-order valence-electron chi connectivity index (χ0n) is 17.8. The van der Waals surface area contributed by atoms with Gasteiger partial charge in [0, 0.05) is 32.6 Å². The highest BCUT2D eigenvalue weighted by Crippen LogP contribution is 2.25. The zero-order chi connectivity index (χ0) is 22.6. The third kappa shape index (κ3) is 5.11. The van der Waals surface area contributed by atoms with Crippen LogP contribution >= 0.6 is 11.3 Å². The van der Waals surface area contributed by atoms with Crippen LogP contribution in [0.25, 0.3) is 10.2 Å². The predicted octanol–water partition coefficient (Wildman–Crippen LogP) is 3.33. The highest BCUT2D eigenvalue weighted by atomic mass is 32.2. The van der Waals surface area contributed by atoms with Crippen molar-refractivity contribution in [2.75, 3.05) is 13.1 Å². The van der Waals surface area contributed by atoms with E-state index in [0.717, 1.165) is 42.6 Å². The fourth-order valence-corrected chi connectivity index (χ4v) is 6.52. The fraction of sp³-hybridized carbons (Fsp3) is 0.391. The van der Waals surface area contributed by atoms with Crippen molar-refractivity contribution in [1.82, 2.24) is 14.2 Å². The van der Waals surface area contributed by atoms with Crippen molar-refractivity contribution in [3.63, 3.8) is 0 Å². The van der Waals surface area contributed by atoms with Gasteiger partial charge in [-0.05, 0) is 36.6 Å². The van der Waals surface area contributed by atoms with Crippen LogP contribution in [0.2, 0.25) is 0 Å². The van der Waals surface area contributed by atoms with E-state index in [1.807, 2.05) is 30.3 Å². The number of benzene rings is 2. The first-order valence-corrected chi connectivity index (χ1v) is 13.1. The number of carbonyl (C=O) groups is 1.